The molecule has 0 unspecified atom stereocenters. The highest BCUT2D eigenvalue weighted by Crippen LogP contribution is 2.12. The van der Waals surface area contributed by atoms with Gasteiger partial charge in [-0.15, -0.1) is 0 Å². The van der Waals surface area contributed by atoms with Gasteiger partial charge in [-0.25, -0.2) is 9.59 Å². The molecule has 0 radical (unpaired) electrons. The summed E-state index contributed by atoms with van der Waals surface area (Å²) in [6.07, 6.45) is 1.02. The van der Waals surface area contributed by atoms with Crippen molar-refractivity contribution in [3.8, 4) is 0 Å². The van der Waals surface area contributed by atoms with Crippen LogP contribution in [-0.4, -0.2) is 39.2 Å². The van der Waals surface area contributed by atoms with Crippen molar-refractivity contribution < 1.29 is 39.2 Å². The summed E-state index contributed by atoms with van der Waals surface area (Å²) < 4.78 is 5.10. The molecule has 0 spiro atoms. The van der Waals surface area contributed by atoms with E-state index in [4.69, 9.17) is 20.1 Å². The fourth-order valence-electron chi connectivity index (χ4n) is 2.20. The predicted molar refractivity (Wildman–Crippen MR) is 103 cm³/mol. The molecule has 0 amide bonds. The minimum absolute atomic E-state index is 0.0550. The molecule has 0 aliphatic carbocycles. The van der Waals surface area contributed by atoms with E-state index in [1.165, 1.54) is 12.1 Å². The number of rotatable bonds is 9. The van der Waals surface area contributed by atoms with Crippen molar-refractivity contribution in [3.63, 3.8) is 0 Å². The van der Waals surface area contributed by atoms with E-state index in [0.717, 1.165) is 5.56 Å². The third-order valence-electron chi connectivity index (χ3n) is 3.62. The van der Waals surface area contributed by atoms with Crippen LogP contribution in [0.15, 0.2) is 54.6 Å². The molecule has 29 heavy (non-hydrogen) atoms. The first-order valence-electron chi connectivity index (χ1n) is 8.78. The number of benzene rings is 2. The largest absolute Gasteiger partial charge is 0.481 e. The van der Waals surface area contributed by atoms with Gasteiger partial charge in [0, 0.05) is 12.8 Å². The lowest BCUT2D eigenvalue weighted by Gasteiger charge is -2.07. The Labute approximate surface area is 167 Å². The zero-order chi connectivity index (χ0) is 21.6. The molecule has 2 aromatic rings. The number of hydrogen-bond donors (Lipinski definition) is 3. The molecule has 0 aliphatic rings. The number of esters is 1. The number of aromatic carboxylic acids is 1. The lowest BCUT2D eigenvalue weighted by atomic mass is 10.1. The summed E-state index contributed by atoms with van der Waals surface area (Å²) in [5, 5.41) is 25.3. The van der Waals surface area contributed by atoms with E-state index in [-0.39, 0.29) is 30.6 Å². The van der Waals surface area contributed by atoms with Crippen molar-refractivity contribution in [2.75, 3.05) is 0 Å². The number of hydrogen-bond acceptors (Lipinski definition) is 5. The molecule has 0 bridgehead atoms. The maximum Gasteiger partial charge on any atom is 0.339 e. The van der Waals surface area contributed by atoms with Gasteiger partial charge >= 0.3 is 23.9 Å². The second-order valence-corrected chi connectivity index (χ2v) is 5.91. The topological polar surface area (TPSA) is 138 Å². The average Bonchev–Trinajstić information content (AvgIpc) is 2.70. The van der Waals surface area contributed by atoms with Crippen LogP contribution >= 0.6 is 0 Å². The molecule has 8 nitrogen and oxygen atoms in total. The van der Waals surface area contributed by atoms with Crippen LogP contribution in [0.4, 0.5) is 0 Å². The van der Waals surface area contributed by atoms with Crippen molar-refractivity contribution in [2.45, 2.75) is 32.3 Å². The smallest absolute Gasteiger partial charge is 0.339 e. The van der Waals surface area contributed by atoms with Crippen molar-refractivity contribution in [1.29, 1.82) is 0 Å². The van der Waals surface area contributed by atoms with E-state index in [0.29, 0.717) is 12.8 Å². The average molecular weight is 402 g/mol. The molecule has 8 heteroatoms. The number of carbonyl (C=O) groups excluding carboxylic acids is 1. The molecule has 0 aromatic heterocycles. The van der Waals surface area contributed by atoms with Crippen molar-refractivity contribution in [1.82, 2.24) is 0 Å². The van der Waals surface area contributed by atoms with E-state index in [9.17, 15) is 19.2 Å². The summed E-state index contributed by atoms with van der Waals surface area (Å²) in [6, 6.07) is 15.2. The number of unbranched alkanes of at least 4 members (excludes halogenated alkanes) is 1. The van der Waals surface area contributed by atoms with Crippen LogP contribution in [0, 0.1) is 0 Å². The van der Waals surface area contributed by atoms with Crippen LogP contribution in [0.25, 0.3) is 0 Å². The molecular weight excluding hydrogens is 380 g/mol. The molecule has 2 aromatic carbocycles. The summed E-state index contributed by atoms with van der Waals surface area (Å²) in [6.45, 7) is 0.119. The molecule has 0 fully saturated rings. The first-order chi connectivity index (χ1) is 13.8. The van der Waals surface area contributed by atoms with Crippen molar-refractivity contribution in [2.24, 2.45) is 0 Å². The van der Waals surface area contributed by atoms with Crippen LogP contribution < -0.4 is 0 Å². The Kier molecular flexibility index (Phi) is 10.2. The number of carboxylic acid groups (broad SMARTS) is 3. The minimum atomic E-state index is -1.15. The monoisotopic (exact) mass is 402 g/mol. The van der Waals surface area contributed by atoms with E-state index in [1.54, 1.807) is 12.1 Å². The maximum absolute atomic E-state index is 11.9. The molecule has 0 saturated carbocycles. The van der Waals surface area contributed by atoms with Crippen LogP contribution in [0.5, 0.6) is 0 Å². The number of aliphatic carboxylic acids is 2. The summed E-state index contributed by atoms with van der Waals surface area (Å²) >= 11 is 0. The van der Waals surface area contributed by atoms with Gasteiger partial charge in [-0.2, -0.15) is 0 Å². The zero-order valence-corrected chi connectivity index (χ0v) is 15.6. The Morgan fingerprint density at radius 1 is 0.690 bits per heavy atom. The Balaban J connectivity index is 0.000000359. The molecule has 0 heterocycles. The Hall–Kier alpha value is -3.68. The maximum atomic E-state index is 11.9. The fraction of sp³-hybridized carbons (Fsp3) is 0.238. The highest BCUT2D eigenvalue weighted by molar-refractivity contribution is 6.02. The van der Waals surface area contributed by atoms with Crippen LogP contribution in [-0.2, 0) is 20.9 Å². The van der Waals surface area contributed by atoms with Crippen LogP contribution in [0.3, 0.4) is 0 Å². The summed E-state index contributed by atoms with van der Waals surface area (Å²) in [7, 11) is 0. The molecule has 0 saturated heterocycles. The van der Waals surface area contributed by atoms with Gasteiger partial charge in [0.15, 0.2) is 0 Å². The van der Waals surface area contributed by atoms with Crippen molar-refractivity contribution in [3.05, 3.63) is 71.3 Å². The van der Waals surface area contributed by atoms with E-state index >= 15 is 0 Å². The lowest BCUT2D eigenvalue weighted by molar-refractivity contribution is -0.139. The first-order valence-corrected chi connectivity index (χ1v) is 8.78. The second kappa shape index (κ2) is 12.7. The highest BCUT2D eigenvalue weighted by Gasteiger charge is 2.16. The van der Waals surface area contributed by atoms with Crippen LogP contribution in [0.2, 0.25) is 0 Å². The second-order valence-electron chi connectivity index (χ2n) is 5.91. The zero-order valence-electron chi connectivity index (χ0n) is 15.6. The summed E-state index contributed by atoms with van der Waals surface area (Å²) in [4.78, 5) is 42.6. The number of carboxylic acids is 3. The molecule has 0 atom stereocenters. The van der Waals surface area contributed by atoms with Gasteiger partial charge in [0.25, 0.3) is 0 Å². The quantitative estimate of drug-likeness (QED) is 0.428. The highest BCUT2D eigenvalue weighted by atomic mass is 16.5. The Morgan fingerprint density at radius 2 is 1.17 bits per heavy atom. The molecule has 154 valence electrons. The van der Waals surface area contributed by atoms with E-state index in [2.05, 4.69) is 0 Å². The third kappa shape index (κ3) is 9.71. The van der Waals surface area contributed by atoms with Gasteiger partial charge in [-0.05, 0) is 30.5 Å². The van der Waals surface area contributed by atoms with Gasteiger partial charge in [0.2, 0.25) is 0 Å². The van der Waals surface area contributed by atoms with E-state index < -0.39 is 23.9 Å². The van der Waals surface area contributed by atoms with Crippen LogP contribution in [0.1, 0.15) is 52.0 Å². The van der Waals surface area contributed by atoms with Gasteiger partial charge in [-0.3, -0.25) is 9.59 Å². The van der Waals surface area contributed by atoms with Crippen molar-refractivity contribution >= 4 is 23.9 Å². The SMILES string of the molecule is O=C(O)CCCCC(=O)O.O=C(O)c1ccccc1C(=O)OCc1ccccc1. The predicted octanol–water partition coefficient (Wildman–Crippen LogP) is 3.46. The Bertz CT molecular complexity index is 814. The molecule has 2 rings (SSSR count). The lowest BCUT2D eigenvalue weighted by Crippen LogP contribution is -2.11. The summed E-state index contributed by atoms with van der Waals surface area (Å²) in [5.41, 5.74) is 0.857. The normalized spacial score (nSPS) is 9.66. The molecule has 3 N–H and O–H groups in total. The standard InChI is InChI=1S/C15H12O4.C6H10O4/c16-14(17)12-8-4-5-9-13(12)15(18)19-10-11-6-2-1-3-7-11;7-5(8)3-1-2-4-6(9)10/h1-9H,10H2,(H,16,17);1-4H2,(H,7,8)(H,9,10). The number of ether oxygens (including phenoxy) is 1. The van der Waals surface area contributed by atoms with Gasteiger partial charge in [-0.1, -0.05) is 42.5 Å². The fourth-order valence-corrected chi connectivity index (χ4v) is 2.20. The number of carbonyl (C=O) groups is 4. The Morgan fingerprint density at radius 3 is 1.66 bits per heavy atom. The summed E-state index contributed by atoms with van der Waals surface area (Å²) in [5.74, 6) is -3.52. The first kappa shape index (κ1) is 23.4. The molecular formula is C21H22O8. The van der Waals surface area contributed by atoms with Gasteiger partial charge < -0.3 is 20.1 Å². The van der Waals surface area contributed by atoms with Gasteiger partial charge in [0.1, 0.15) is 6.61 Å². The molecule has 0 aliphatic heterocycles. The third-order valence-corrected chi connectivity index (χ3v) is 3.62. The minimum Gasteiger partial charge on any atom is -0.481 e. The van der Waals surface area contributed by atoms with E-state index in [1.807, 2.05) is 30.3 Å². The van der Waals surface area contributed by atoms with Gasteiger partial charge in [0.05, 0.1) is 11.1 Å².